The molecule has 6 nitrogen and oxygen atoms in total. The predicted molar refractivity (Wildman–Crippen MR) is 128 cm³/mol. The Morgan fingerprint density at radius 1 is 1.15 bits per heavy atom. The molecule has 0 radical (unpaired) electrons. The van der Waals surface area contributed by atoms with Gasteiger partial charge >= 0.3 is 6.16 Å². The van der Waals surface area contributed by atoms with Crippen LogP contribution in [0.5, 0.6) is 0 Å². The molecule has 1 aromatic carbocycles. The summed E-state index contributed by atoms with van der Waals surface area (Å²) >= 11 is 1.47. The van der Waals surface area contributed by atoms with Crippen molar-refractivity contribution in [1.82, 2.24) is 14.9 Å². The van der Waals surface area contributed by atoms with Gasteiger partial charge in [-0.25, -0.2) is 19.2 Å². The minimum absolute atomic E-state index is 0.261. The van der Waals surface area contributed by atoms with E-state index in [1.165, 1.54) is 62.0 Å². The standard InChI is InChI=1S/C26H28FN3O3S/c27-20-12-16(13-30-14-18(15-30)33-25(31)32)6-7-19(20)23-28-21-8-9-22(29-24(21)34-23)26(10-11-26)17-4-2-1-3-5-17/h6-9,12,17-18H,1-5,10-11,13-15H2,(H,31,32). The third kappa shape index (κ3) is 4.07. The minimum Gasteiger partial charge on any atom is -0.450 e. The molecular formula is C26H28FN3O3S. The molecule has 178 valence electrons. The molecule has 0 atom stereocenters. The number of hydrogen-bond donors (Lipinski definition) is 1. The second-order valence-corrected chi connectivity index (χ2v) is 11.0. The average molecular weight is 482 g/mol. The van der Waals surface area contributed by atoms with E-state index < -0.39 is 6.16 Å². The van der Waals surface area contributed by atoms with Crippen LogP contribution in [-0.4, -0.2) is 45.3 Å². The van der Waals surface area contributed by atoms with Crippen molar-refractivity contribution in [2.24, 2.45) is 5.92 Å². The number of halogens is 1. The maximum absolute atomic E-state index is 15.0. The molecule has 3 heterocycles. The summed E-state index contributed by atoms with van der Waals surface area (Å²) in [5.41, 5.74) is 3.64. The normalized spacial score (nSPS) is 20.9. The zero-order valence-corrected chi connectivity index (χ0v) is 19.8. The van der Waals surface area contributed by atoms with Crippen LogP contribution in [-0.2, 0) is 16.7 Å². The zero-order valence-electron chi connectivity index (χ0n) is 19.0. The lowest BCUT2D eigenvalue weighted by Gasteiger charge is -2.37. The molecule has 0 unspecified atom stereocenters. The summed E-state index contributed by atoms with van der Waals surface area (Å²) in [6, 6.07) is 9.47. The molecule has 2 saturated carbocycles. The molecule has 2 aromatic heterocycles. The molecule has 0 amide bonds. The smallest absolute Gasteiger partial charge is 0.450 e. The number of nitrogens with zero attached hydrogens (tertiary/aromatic N) is 3. The van der Waals surface area contributed by atoms with E-state index in [1.807, 2.05) is 11.0 Å². The summed E-state index contributed by atoms with van der Waals surface area (Å²) in [5.74, 6) is 0.456. The summed E-state index contributed by atoms with van der Waals surface area (Å²) in [5, 5.41) is 9.33. The lowest BCUT2D eigenvalue weighted by atomic mass is 9.76. The number of fused-ring (bicyclic) bond motifs is 1. The molecule has 0 bridgehead atoms. The molecule has 3 aromatic rings. The number of carboxylic acid groups (broad SMARTS) is 1. The Bertz CT molecular complexity index is 1230. The van der Waals surface area contributed by atoms with Gasteiger partial charge in [0, 0.05) is 36.3 Å². The van der Waals surface area contributed by atoms with Crippen molar-refractivity contribution in [3.05, 3.63) is 47.4 Å². The Morgan fingerprint density at radius 2 is 1.94 bits per heavy atom. The largest absolute Gasteiger partial charge is 0.506 e. The number of aromatic nitrogens is 2. The summed E-state index contributed by atoms with van der Waals surface area (Å²) in [4.78, 5) is 23.2. The summed E-state index contributed by atoms with van der Waals surface area (Å²) < 4.78 is 19.8. The van der Waals surface area contributed by atoms with E-state index >= 15 is 4.39 Å². The fourth-order valence-corrected chi connectivity index (χ4v) is 6.80. The summed E-state index contributed by atoms with van der Waals surface area (Å²) in [6.07, 6.45) is 7.58. The highest BCUT2D eigenvalue weighted by molar-refractivity contribution is 7.21. The van der Waals surface area contributed by atoms with Gasteiger partial charge in [-0.2, -0.15) is 0 Å². The van der Waals surface area contributed by atoms with Crippen molar-refractivity contribution >= 4 is 27.8 Å². The maximum Gasteiger partial charge on any atom is 0.506 e. The molecule has 1 saturated heterocycles. The van der Waals surface area contributed by atoms with Crippen LogP contribution in [0.4, 0.5) is 9.18 Å². The Morgan fingerprint density at radius 3 is 2.65 bits per heavy atom. The third-order valence-electron chi connectivity index (χ3n) is 7.80. The number of hydrogen-bond acceptors (Lipinski definition) is 6. The zero-order chi connectivity index (χ0) is 23.3. The Kier molecular flexibility index (Phi) is 5.53. The highest BCUT2D eigenvalue weighted by Crippen LogP contribution is 2.57. The van der Waals surface area contributed by atoms with Gasteiger partial charge in [0.05, 0.1) is 0 Å². The number of thiazole rings is 1. The highest BCUT2D eigenvalue weighted by Gasteiger charge is 2.51. The van der Waals surface area contributed by atoms with Gasteiger partial charge in [0.1, 0.15) is 27.3 Å². The molecular weight excluding hydrogens is 453 g/mol. The van der Waals surface area contributed by atoms with Gasteiger partial charge < -0.3 is 9.84 Å². The Hall–Kier alpha value is -2.58. The molecule has 0 spiro atoms. The summed E-state index contributed by atoms with van der Waals surface area (Å²) in [6.45, 7) is 1.62. The summed E-state index contributed by atoms with van der Waals surface area (Å²) in [7, 11) is 0. The monoisotopic (exact) mass is 481 g/mol. The highest BCUT2D eigenvalue weighted by atomic mass is 32.1. The van der Waals surface area contributed by atoms with E-state index in [9.17, 15) is 4.79 Å². The lowest BCUT2D eigenvalue weighted by Crippen LogP contribution is -2.52. The number of rotatable bonds is 6. The SMILES string of the molecule is O=C(O)OC1CN(Cc2ccc(-c3nc4ccc(C5(C6CCCCC6)CC5)nc4s3)c(F)c2)C1. The van der Waals surface area contributed by atoms with Crippen molar-refractivity contribution in [1.29, 1.82) is 0 Å². The fraction of sp³-hybridized carbons (Fsp3) is 0.500. The van der Waals surface area contributed by atoms with Crippen LogP contribution in [0, 0.1) is 11.7 Å². The molecule has 34 heavy (non-hydrogen) atoms. The first kappa shape index (κ1) is 21.9. The first-order chi connectivity index (χ1) is 16.5. The maximum atomic E-state index is 15.0. The van der Waals surface area contributed by atoms with Crippen LogP contribution in [0.3, 0.4) is 0 Å². The molecule has 1 N–H and O–H groups in total. The molecule has 6 rings (SSSR count). The number of pyridine rings is 1. The second kappa shape index (κ2) is 8.57. The number of benzene rings is 1. The van der Waals surface area contributed by atoms with Gasteiger partial charge in [0.25, 0.3) is 0 Å². The fourth-order valence-electron chi connectivity index (χ4n) is 5.83. The van der Waals surface area contributed by atoms with Crippen molar-refractivity contribution in [2.75, 3.05) is 13.1 Å². The average Bonchev–Trinajstić information content (AvgIpc) is 3.51. The van der Waals surface area contributed by atoms with Gasteiger partial charge in [0.15, 0.2) is 0 Å². The van der Waals surface area contributed by atoms with Crippen LogP contribution < -0.4 is 0 Å². The topological polar surface area (TPSA) is 75.6 Å². The van der Waals surface area contributed by atoms with Crippen molar-refractivity contribution < 1.29 is 19.0 Å². The molecule has 8 heteroatoms. The number of carbonyl (C=O) groups is 1. The van der Waals surface area contributed by atoms with Gasteiger partial charge in [-0.05, 0) is 61.4 Å². The quantitative estimate of drug-likeness (QED) is 0.436. The van der Waals surface area contributed by atoms with Crippen LogP contribution >= 0.6 is 11.3 Å². The van der Waals surface area contributed by atoms with Crippen molar-refractivity contribution in [2.45, 2.75) is 63.0 Å². The van der Waals surface area contributed by atoms with E-state index in [2.05, 4.69) is 17.1 Å². The molecule has 3 aliphatic rings. The first-order valence-corrected chi connectivity index (χ1v) is 13.0. The van der Waals surface area contributed by atoms with Crippen LogP contribution in [0.1, 0.15) is 56.2 Å². The number of ether oxygens (including phenoxy) is 1. The second-order valence-electron chi connectivity index (χ2n) is 10.0. The van der Waals surface area contributed by atoms with Gasteiger partial charge in [-0.15, -0.1) is 0 Å². The van der Waals surface area contributed by atoms with Gasteiger partial charge in [-0.1, -0.05) is 36.7 Å². The van der Waals surface area contributed by atoms with E-state index in [0.717, 1.165) is 21.8 Å². The van der Waals surface area contributed by atoms with Gasteiger partial charge in [0.2, 0.25) is 0 Å². The molecule has 3 fully saturated rings. The third-order valence-corrected chi connectivity index (χ3v) is 8.80. The van der Waals surface area contributed by atoms with Gasteiger partial charge in [-0.3, -0.25) is 4.90 Å². The Balaban J connectivity index is 1.18. The van der Waals surface area contributed by atoms with E-state index in [-0.39, 0.29) is 17.3 Å². The Labute approximate surface area is 201 Å². The van der Waals surface area contributed by atoms with Crippen molar-refractivity contribution in [3.63, 3.8) is 0 Å². The van der Waals surface area contributed by atoms with Crippen LogP contribution in [0.2, 0.25) is 0 Å². The van der Waals surface area contributed by atoms with Crippen LogP contribution in [0.15, 0.2) is 30.3 Å². The minimum atomic E-state index is -1.25. The van der Waals surface area contributed by atoms with E-state index in [1.54, 1.807) is 12.1 Å². The molecule has 2 aliphatic carbocycles. The predicted octanol–water partition coefficient (Wildman–Crippen LogP) is 5.99. The lowest BCUT2D eigenvalue weighted by molar-refractivity contribution is -0.0363. The molecule has 1 aliphatic heterocycles. The van der Waals surface area contributed by atoms with E-state index in [4.69, 9.17) is 14.8 Å². The number of likely N-dealkylation sites (tertiary alicyclic amines) is 1. The van der Waals surface area contributed by atoms with Crippen molar-refractivity contribution in [3.8, 4) is 10.6 Å². The van der Waals surface area contributed by atoms with E-state index in [0.29, 0.717) is 30.2 Å². The first-order valence-electron chi connectivity index (χ1n) is 12.2. The van der Waals surface area contributed by atoms with Crippen LogP contribution in [0.25, 0.3) is 20.9 Å².